The molecule has 4 rings (SSSR count). The third-order valence-corrected chi connectivity index (χ3v) is 7.06. The number of methoxy groups -OCH3 is 1. The van der Waals surface area contributed by atoms with E-state index in [1.807, 2.05) is 4.90 Å². The zero-order valence-electron chi connectivity index (χ0n) is 20.1. The van der Waals surface area contributed by atoms with Gasteiger partial charge in [0.2, 0.25) is 0 Å². The van der Waals surface area contributed by atoms with Crippen molar-refractivity contribution in [3.63, 3.8) is 0 Å². The van der Waals surface area contributed by atoms with Crippen LogP contribution in [0.2, 0.25) is 0 Å². The lowest BCUT2D eigenvalue weighted by molar-refractivity contribution is -0.152. The Morgan fingerprint density at radius 1 is 1.11 bits per heavy atom. The second kappa shape index (κ2) is 11.2. The molecule has 2 heterocycles. The van der Waals surface area contributed by atoms with E-state index in [1.54, 1.807) is 25.3 Å². The van der Waals surface area contributed by atoms with E-state index in [9.17, 15) is 23.1 Å². The minimum Gasteiger partial charge on any atom is -0.497 e. The Bertz CT molecular complexity index is 1210. The maximum absolute atomic E-state index is 14.6. The lowest BCUT2D eigenvalue weighted by Crippen LogP contribution is -2.45. The van der Waals surface area contributed by atoms with Gasteiger partial charge in [0, 0.05) is 11.9 Å². The van der Waals surface area contributed by atoms with Crippen LogP contribution in [0.1, 0.15) is 31.2 Å². The van der Waals surface area contributed by atoms with Crippen molar-refractivity contribution < 1.29 is 32.5 Å². The third kappa shape index (κ3) is 5.56. The smallest absolute Gasteiger partial charge is 0.309 e. The largest absolute Gasteiger partial charge is 0.497 e. The van der Waals surface area contributed by atoms with E-state index >= 15 is 0 Å². The summed E-state index contributed by atoms with van der Waals surface area (Å²) < 4.78 is 52.6. The first-order valence-corrected chi connectivity index (χ1v) is 12.0. The predicted octanol–water partition coefficient (Wildman–Crippen LogP) is 5.23. The summed E-state index contributed by atoms with van der Waals surface area (Å²) in [7, 11) is 1.54. The molecule has 2 aromatic carbocycles. The van der Waals surface area contributed by atoms with Crippen molar-refractivity contribution in [2.45, 2.75) is 32.1 Å². The molecule has 0 unspecified atom stereocenters. The Morgan fingerprint density at radius 2 is 1.83 bits per heavy atom. The van der Waals surface area contributed by atoms with Crippen molar-refractivity contribution in [1.82, 2.24) is 9.88 Å². The van der Waals surface area contributed by atoms with Gasteiger partial charge < -0.3 is 14.6 Å². The summed E-state index contributed by atoms with van der Waals surface area (Å²) >= 11 is 0. The highest BCUT2D eigenvalue weighted by molar-refractivity contribution is 5.83. The van der Waals surface area contributed by atoms with Crippen molar-refractivity contribution >= 4 is 16.9 Å². The average molecular weight is 503 g/mol. The van der Waals surface area contributed by atoms with E-state index in [0.29, 0.717) is 74.0 Å². The lowest BCUT2D eigenvalue weighted by atomic mass is 9.74. The number of halogens is 3. The van der Waals surface area contributed by atoms with E-state index < -0.39 is 34.6 Å². The van der Waals surface area contributed by atoms with Crippen LogP contribution in [0.25, 0.3) is 10.9 Å². The first kappa shape index (κ1) is 25.8. The van der Waals surface area contributed by atoms with E-state index in [0.717, 1.165) is 12.1 Å². The first-order chi connectivity index (χ1) is 17.3. The molecule has 1 N–H and O–H groups in total. The highest BCUT2D eigenvalue weighted by Gasteiger charge is 2.40. The highest BCUT2D eigenvalue weighted by atomic mass is 19.1. The van der Waals surface area contributed by atoms with E-state index in [2.05, 4.69) is 4.98 Å². The molecular weight excluding hydrogens is 473 g/mol. The van der Waals surface area contributed by atoms with Crippen LogP contribution in [0.5, 0.6) is 11.5 Å². The summed E-state index contributed by atoms with van der Waals surface area (Å²) in [4.78, 5) is 18.4. The molecule has 1 aliphatic rings. The van der Waals surface area contributed by atoms with Crippen LogP contribution in [0.4, 0.5) is 13.2 Å². The van der Waals surface area contributed by atoms with Gasteiger partial charge in [-0.2, -0.15) is 0 Å². The predicted molar refractivity (Wildman–Crippen MR) is 129 cm³/mol. The minimum atomic E-state index is -0.897. The SMILES string of the molecule is COc1ccc2ncc(F)c(CCCC3(C(=O)O)CCN(CCOc4c(F)cccc4F)CC3)c2c1. The number of piperidine rings is 1. The fourth-order valence-corrected chi connectivity index (χ4v) is 4.86. The van der Waals surface area contributed by atoms with Gasteiger partial charge in [-0.3, -0.25) is 14.7 Å². The van der Waals surface area contributed by atoms with Gasteiger partial charge in [0.15, 0.2) is 17.4 Å². The molecule has 192 valence electrons. The monoisotopic (exact) mass is 502 g/mol. The zero-order chi connectivity index (χ0) is 25.7. The maximum atomic E-state index is 14.6. The first-order valence-electron chi connectivity index (χ1n) is 12.0. The van der Waals surface area contributed by atoms with Crippen molar-refractivity contribution in [3.8, 4) is 11.5 Å². The number of carboxylic acid groups (broad SMARTS) is 1. The van der Waals surface area contributed by atoms with Crippen LogP contribution < -0.4 is 9.47 Å². The number of carbonyl (C=O) groups is 1. The Balaban J connectivity index is 1.34. The number of benzene rings is 2. The number of rotatable bonds is 10. The average Bonchev–Trinajstić information content (AvgIpc) is 2.87. The number of hydrogen-bond donors (Lipinski definition) is 1. The van der Waals surface area contributed by atoms with Crippen LogP contribution in [0.3, 0.4) is 0 Å². The van der Waals surface area contributed by atoms with Crippen molar-refractivity contribution in [2.24, 2.45) is 5.41 Å². The molecule has 0 saturated carbocycles. The van der Waals surface area contributed by atoms with E-state index in [4.69, 9.17) is 9.47 Å². The maximum Gasteiger partial charge on any atom is 0.309 e. The molecule has 1 fully saturated rings. The van der Waals surface area contributed by atoms with Gasteiger partial charge in [-0.05, 0) is 81.1 Å². The minimum absolute atomic E-state index is 0.0930. The lowest BCUT2D eigenvalue weighted by Gasteiger charge is -2.39. The van der Waals surface area contributed by atoms with Crippen LogP contribution >= 0.6 is 0 Å². The number of likely N-dealkylation sites (tertiary alicyclic amines) is 1. The van der Waals surface area contributed by atoms with Crippen LogP contribution in [0.15, 0.2) is 42.6 Å². The van der Waals surface area contributed by atoms with Gasteiger partial charge in [-0.1, -0.05) is 6.07 Å². The molecule has 36 heavy (non-hydrogen) atoms. The van der Waals surface area contributed by atoms with Gasteiger partial charge in [0.05, 0.1) is 24.2 Å². The Morgan fingerprint density at radius 3 is 2.50 bits per heavy atom. The molecule has 0 spiro atoms. The third-order valence-electron chi connectivity index (χ3n) is 7.06. The second-order valence-electron chi connectivity index (χ2n) is 9.15. The van der Waals surface area contributed by atoms with E-state index in [-0.39, 0.29) is 6.61 Å². The van der Waals surface area contributed by atoms with Crippen LogP contribution in [0, 0.1) is 22.9 Å². The van der Waals surface area contributed by atoms with Gasteiger partial charge in [-0.15, -0.1) is 0 Å². The molecule has 1 saturated heterocycles. The normalized spacial score (nSPS) is 15.7. The topological polar surface area (TPSA) is 71.9 Å². The standard InChI is InChI=1S/C27H29F3N2O4/c1-35-18-7-8-24-20(16-18)19(23(30)17-31-24)4-3-9-27(26(33)34)10-12-32(13-11-27)14-15-36-25-21(28)5-2-6-22(25)29/h2,5-8,16-17H,3-4,9-15H2,1H3,(H,33,34). The Kier molecular flexibility index (Phi) is 7.98. The molecule has 6 nitrogen and oxygen atoms in total. The van der Waals surface area contributed by atoms with Crippen LogP contribution in [-0.4, -0.2) is 54.3 Å². The summed E-state index contributed by atoms with van der Waals surface area (Å²) in [6, 6.07) is 8.84. The number of aryl methyl sites for hydroxylation is 1. The second-order valence-corrected chi connectivity index (χ2v) is 9.15. The number of carboxylic acids is 1. The van der Waals surface area contributed by atoms with Gasteiger partial charge >= 0.3 is 5.97 Å². The Labute approximate surface area is 207 Å². The molecule has 0 aliphatic carbocycles. The van der Waals surface area contributed by atoms with Crippen molar-refractivity contribution in [3.05, 3.63) is 65.6 Å². The fraction of sp³-hybridized carbons (Fsp3) is 0.407. The van der Waals surface area contributed by atoms with Crippen molar-refractivity contribution in [2.75, 3.05) is 33.4 Å². The van der Waals surface area contributed by atoms with E-state index in [1.165, 1.54) is 12.3 Å². The molecular formula is C27H29F3N2O4. The molecule has 0 amide bonds. The molecule has 0 radical (unpaired) electrons. The summed E-state index contributed by atoms with van der Waals surface area (Å²) in [5.74, 6) is -2.57. The number of hydrogen-bond acceptors (Lipinski definition) is 5. The number of aliphatic carboxylic acids is 1. The number of pyridine rings is 1. The van der Waals surface area contributed by atoms with Gasteiger partial charge in [-0.25, -0.2) is 13.2 Å². The zero-order valence-corrected chi connectivity index (χ0v) is 20.1. The summed E-state index contributed by atoms with van der Waals surface area (Å²) in [5, 5.41) is 10.7. The van der Waals surface area contributed by atoms with Crippen molar-refractivity contribution in [1.29, 1.82) is 0 Å². The molecule has 0 bridgehead atoms. The Hall–Kier alpha value is -3.33. The van der Waals surface area contributed by atoms with Gasteiger partial charge in [0.1, 0.15) is 18.2 Å². The molecule has 9 heteroatoms. The van der Waals surface area contributed by atoms with Gasteiger partial charge in [0.25, 0.3) is 0 Å². The molecule has 0 atom stereocenters. The number of fused-ring (bicyclic) bond motifs is 1. The number of nitrogens with zero attached hydrogens (tertiary/aromatic N) is 2. The summed E-state index contributed by atoms with van der Waals surface area (Å²) in [5.41, 5.74) is 0.270. The van der Waals surface area contributed by atoms with Crippen LogP contribution in [-0.2, 0) is 11.2 Å². The summed E-state index contributed by atoms with van der Waals surface area (Å²) in [6.07, 6.45) is 3.38. The molecule has 3 aromatic rings. The molecule has 1 aromatic heterocycles. The number of ether oxygens (including phenoxy) is 2. The fourth-order valence-electron chi connectivity index (χ4n) is 4.86. The molecule has 1 aliphatic heterocycles. The highest BCUT2D eigenvalue weighted by Crippen LogP contribution is 2.37. The summed E-state index contributed by atoms with van der Waals surface area (Å²) in [6.45, 7) is 1.58. The number of aromatic nitrogens is 1. The number of para-hydroxylation sites is 1. The quantitative estimate of drug-likeness (QED) is 0.410.